The van der Waals surface area contributed by atoms with E-state index in [0.29, 0.717) is 5.82 Å². The average Bonchev–Trinajstić information content (AvgIpc) is 2.52. The van der Waals surface area contributed by atoms with Crippen molar-refractivity contribution in [2.75, 3.05) is 5.32 Å². The fraction of sp³-hybridized carbons (Fsp3) is 0.0714. The van der Waals surface area contributed by atoms with Crippen molar-refractivity contribution in [2.45, 2.75) is 6.04 Å². The highest BCUT2D eigenvalue weighted by Gasteiger charge is 2.25. The van der Waals surface area contributed by atoms with E-state index in [2.05, 4.69) is 36.5 Å². The normalized spacial score (nSPS) is 10.9. The first-order valence-electron chi connectivity index (χ1n) is 6.45. The van der Waals surface area contributed by atoms with E-state index >= 15 is 0 Å². The number of carboxylic acids is 2. The molecule has 0 aliphatic heterocycles. The Morgan fingerprint density at radius 3 is 2.38 bits per heavy atom. The van der Waals surface area contributed by atoms with Crippen LogP contribution >= 0.6 is 15.9 Å². The topological polar surface area (TPSA) is 144 Å². The summed E-state index contributed by atoms with van der Waals surface area (Å²) >= 11 is 3.24. The minimum absolute atomic E-state index is 0.114. The average molecular weight is 395 g/mol. The minimum Gasteiger partial charge on any atom is -0.506 e. The van der Waals surface area contributed by atoms with E-state index in [0.717, 1.165) is 10.5 Å². The van der Waals surface area contributed by atoms with Gasteiger partial charge in [-0.2, -0.15) is 0 Å². The van der Waals surface area contributed by atoms with E-state index in [-0.39, 0.29) is 17.1 Å². The van der Waals surface area contributed by atoms with Crippen molar-refractivity contribution in [3.05, 3.63) is 41.0 Å². The molecule has 10 heteroatoms. The van der Waals surface area contributed by atoms with Crippen LogP contribution < -0.4 is 5.32 Å². The van der Waals surface area contributed by atoms with Gasteiger partial charge in [0.05, 0.1) is 0 Å². The van der Waals surface area contributed by atoms with Gasteiger partial charge in [-0.05, 0) is 40.2 Å². The van der Waals surface area contributed by atoms with Crippen LogP contribution in [0, 0.1) is 0 Å². The van der Waals surface area contributed by atoms with Crippen LogP contribution in [0.15, 0.2) is 51.2 Å². The lowest BCUT2D eigenvalue weighted by molar-refractivity contribution is -0.148. The number of aromatic hydroxyl groups is 1. The molecule has 0 aliphatic rings. The number of aliphatic carboxylic acids is 2. The van der Waals surface area contributed by atoms with Crippen molar-refractivity contribution in [3.8, 4) is 5.75 Å². The molecule has 0 unspecified atom stereocenters. The van der Waals surface area contributed by atoms with E-state index < -0.39 is 18.0 Å². The van der Waals surface area contributed by atoms with Gasteiger partial charge in [-0.3, -0.25) is 0 Å². The molecule has 1 aromatic heterocycles. The second-order valence-electron chi connectivity index (χ2n) is 4.49. The molecule has 0 fully saturated rings. The Morgan fingerprint density at radius 1 is 1.12 bits per heavy atom. The molecule has 0 amide bonds. The Labute approximate surface area is 143 Å². The number of halogens is 1. The van der Waals surface area contributed by atoms with Gasteiger partial charge < -0.3 is 20.6 Å². The fourth-order valence-corrected chi connectivity index (χ4v) is 1.86. The van der Waals surface area contributed by atoms with Crippen molar-refractivity contribution in [1.82, 2.24) is 4.98 Å². The third-order valence-electron chi connectivity index (χ3n) is 2.75. The molecule has 4 N–H and O–H groups in total. The number of carbonyl (C=O) groups is 2. The molecule has 1 heterocycles. The summed E-state index contributed by atoms with van der Waals surface area (Å²) < 4.78 is 0.783. The summed E-state index contributed by atoms with van der Waals surface area (Å²) in [6.07, 6.45) is 1.54. The lowest BCUT2D eigenvalue weighted by Crippen LogP contribution is -2.37. The number of carboxylic acid groups (broad SMARTS) is 2. The summed E-state index contributed by atoms with van der Waals surface area (Å²) in [6.45, 7) is 0. The Morgan fingerprint density at radius 2 is 1.83 bits per heavy atom. The van der Waals surface area contributed by atoms with Gasteiger partial charge in [0.15, 0.2) is 5.82 Å². The SMILES string of the molecule is O=C(O)C(Nc1ccc(N=Nc2ccc(Br)cn2)c(O)c1)C(=O)O. The summed E-state index contributed by atoms with van der Waals surface area (Å²) in [5.41, 5.74) is 0.232. The molecule has 124 valence electrons. The number of hydrogen-bond donors (Lipinski definition) is 4. The van der Waals surface area contributed by atoms with E-state index in [9.17, 15) is 14.7 Å². The number of aromatic nitrogens is 1. The van der Waals surface area contributed by atoms with Crippen LogP contribution in [0.3, 0.4) is 0 Å². The molecule has 0 saturated heterocycles. The van der Waals surface area contributed by atoms with Crippen molar-refractivity contribution >= 4 is 45.1 Å². The number of rotatable bonds is 6. The number of phenols is 1. The molecule has 1 aromatic carbocycles. The molecular formula is C14H11BrN4O5. The number of nitrogens with one attached hydrogen (secondary N) is 1. The zero-order valence-corrected chi connectivity index (χ0v) is 13.5. The van der Waals surface area contributed by atoms with E-state index in [4.69, 9.17) is 10.2 Å². The third kappa shape index (κ3) is 4.49. The predicted molar refractivity (Wildman–Crippen MR) is 86.9 cm³/mol. The van der Waals surface area contributed by atoms with Crippen LogP contribution in [-0.4, -0.2) is 38.3 Å². The number of hydrogen-bond acceptors (Lipinski definition) is 7. The monoisotopic (exact) mass is 394 g/mol. The molecule has 0 atom stereocenters. The maximum absolute atomic E-state index is 10.8. The Kier molecular flexibility index (Phi) is 5.42. The Hall–Kier alpha value is -3.01. The largest absolute Gasteiger partial charge is 0.506 e. The lowest BCUT2D eigenvalue weighted by Gasteiger charge is -2.11. The molecule has 2 aromatic rings. The summed E-state index contributed by atoms with van der Waals surface area (Å²) in [5.74, 6) is -3.06. The summed E-state index contributed by atoms with van der Waals surface area (Å²) in [6, 6.07) is 5.41. The predicted octanol–water partition coefficient (Wildman–Crippen LogP) is 2.91. The second-order valence-corrected chi connectivity index (χ2v) is 5.41. The molecule has 2 rings (SSSR count). The Bertz CT molecular complexity index is 780. The second kappa shape index (κ2) is 7.51. The molecule has 24 heavy (non-hydrogen) atoms. The van der Waals surface area contributed by atoms with Gasteiger partial charge in [0, 0.05) is 22.4 Å². The van der Waals surface area contributed by atoms with Crippen molar-refractivity contribution < 1.29 is 24.9 Å². The quantitative estimate of drug-likeness (QED) is 0.435. The molecular weight excluding hydrogens is 384 g/mol. The maximum atomic E-state index is 10.8. The maximum Gasteiger partial charge on any atom is 0.337 e. The van der Waals surface area contributed by atoms with Crippen LogP contribution in [-0.2, 0) is 9.59 Å². The van der Waals surface area contributed by atoms with Gasteiger partial charge in [0.25, 0.3) is 0 Å². The van der Waals surface area contributed by atoms with E-state index in [1.807, 2.05) is 0 Å². The van der Waals surface area contributed by atoms with Crippen LogP contribution in [0.25, 0.3) is 0 Å². The number of anilines is 1. The van der Waals surface area contributed by atoms with Crippen molar-refractivity contribution in [2.24, 2.45) is 10.2 Å². The molecule has 9 nitrogen and oxygen atoms in total. The van der Waals surface area contributed by atoms with Gasteiger partial charge in [0.1, 0.15) is 11.4 Å². The van der Waals surface area contributed by atoms with Gasteiger partial charge in [-0.15, -0.1) is 10.2 Å². The van der Waals surface area contributed by atoms with Gasteiger partial charge >= 0.3 is 11.9 Å². The first kappa shape index (κ1) is 17.3. The minimum atomic E-state index is -1.83. The van der Waals surface area contributed by atoms with Crippen LogP contribution in [0.4, 0.5) is 17.2 Å². The van der Waals surface area contributed by atoms with Gasteiger partial charge in [-0.25, -0.2) is 14.6 Å². The smallest absolute Gasteiger partial charge is 0.337 e. The number of benzene rings is 1. The first-order valence-corrected chi connectivity index (χ1v) is 7.24. The van der Waals surface area contributed by atoms with Crippen LogP contribution in [0.5, 0.6) is 5.75 Å². The van der Waals surface area contributed by atoms with Crippen molar-refractivity contribution in [3.63, 3.8) is 0 Å². The standard InChI is InChI=1S/C14H11BrN4O5/c15-7-1-4-11(16-6-7)19-18-9-3-2-8(5-10(9)20)17-12(13(21)22)14(23)24/h1-6,12,17,20H,(H,21,22)(H,23,24). The zero-order chi connectivity index (χ0) is 17.7. The van der Waals surface area contributed by atoms with E-state index in [1.54, 1.807) is 18.3 Å². The number of pyridine rings is 1. The molecule has 0 spiro atoms. The van der Waals surface area contributed by atoms with Crippen LogP contribution in [0.1, 0.15) is 0 Å². The summed E-state index contributed by atoms with van der Waals surface area (Å²) in [5, 5.41) is 37.5. The molecule has 0 bridgehead atoms. The summed E-state index contributed by atoms with van der Waals surface area (Å²) in [7, 11) is 0. The highest BCUT2D eigenvalue weighted by Crippen LogP contribution is 2.31. The molecule has 0 saturated carbocycles. The summed E-state index contributed by atoms with van der Waals surface area (Å²) in [4.78, 5) is 25.6. The van der Waals surface area contributed by atoms with Crippen LogP contribution in [0.2, 0.25) is 0 Å². The highest BCUT2D eigenvalue weighted by molar-refractivity contribution is 9.10. The van der Waals surface area contributed by atoms with E-state index in [1.165, 1.54) is 12.1 Å². The number of azo groups is 1. The number of phenolic OH excluding ortho intramolecular Hbond substituents is 1. The highest BCUT2D eigenvalue weighted by atomic mass is 79.9. The van der Waals surface area contributed by atoms with Gasteiger partial charge in [0.2, 0.25) is 6.04 Å². The third-order valence-corrected chi connectivity index (χ3v) is 3.22. The number of nitrogens with zero attached hydrogens (tertiary/aromatic N) is 3. The van der Waals surface area contributed by atoms with Gasteiger partial charge in [-0.1, -0.05) is 0 Å². The Balaban J connectivity index is 2.16. The molecule has 0 aliphatic carbocycles. The zero-order valence-electron chi connectivity index (χ0n) is 11.9. The first-order chi connectivity index (χ1) is 11.4. The molecule has 0 radical (unpaired) electrons. The lowest BCUT2D eigenvalue weighted by atomic mass is 10.2. The van der Waals surface area contributed by atoms with Crippen molar-refractivity contribution in [1.29, 1.82) is 0 Å². The fourth-order valence-electron chi connectivity index (χ4n) is 1.63.